The van der Waals surface area contributed by atoms with Crippen molar-refractivity contribution in [2.24, 2.45) is 0 Å². The van der Waals surface area contributed by atoms with Gasteiger partial charge >= 0.3 is 0 Å². The van der Waals surface area contributed by atoms with Crippen molar-refractivity contribution in [3.8, 4) is 11.1 Å². The Morgan fingerprint density at radius 2 is 1.83 bits per heavy atom. The quantitative estimate of drug-likeness (QED) is 0.614. The van der Waals surface area contributed by atoms with E-state index in [1.807, 2.05) is 48.0 Å². The molecule has 4 rings (SSSR count). The Morgan fingerprint density at radius 3 is 2.60 bits per heavy atom. The van der Waals surface area contributed by atoms with Gasteiger partial charge in [0.15, 0.2) is 0 Å². The van der Waals surface area contributed by atoms with Crippen LogP contribution < -0.4 is 4.90 Å². The van der Waals surface area contributed by atoms with Crippen LogP contribution in [0.15, 0.2) is 54.6 Å². The number of benzene rings is 2. The minimum absolute atomic E-state index is 0.0723. The first-order valence-corrected chi connectivity index (χ1v) is 10.2. The molecule has 30 heavy (non-hydrogen) atoms. The number of amides is 1. The third-order valence-electron chi connectivity index (χ3n) is 5.35. The summed E-state index contributed by atoms with van der Waals surface area (Å²) in [6.07, 6.45) is 1.26. The number of anilines is 1. The van der Waals surface area contributed by atoms with E-state index in [-0.39, 0.29) is 36.8 Å². The summed E-state index contributed by atoms with van der Waals surface area (Å²) in [6.45, 7) is 3.35. The van der Waals surface area contributed by atoms with Gasteiger partial charge in [-0.2, -0.15) is 5.10 Å². The number of hydrogen-bond acceptors (Lipinski definition) is 3. The predicted molar refractivity (Wildman–Crippen MR) is 114 cm³/mol. The van der Waals surface area contributed by atoms with Crippen LogP contribution in [0.1, 0.15) is 30.5 Å². The summed E-state index contributed by atoms with van der Waals surface area (Å²) < 4.78 is 16.3. The van der Waals surface area contributed by atoms with Crippen molar-refractivity contribution < 1.29 is 14.0 Å². The summed E-state index contributed by atoms with van der Waals surface area (Å²) in [5.41, 5.74) is 2.81. The molecule has 1 amide bonds. The average molecular weight is 405 g/mol. The molecule has 3 aromatic rings. The smallest absolute Gasteiger partial charge is 0.228 e. The Kier molecular flexibility index (Phi) is 5.74. The molecule has 0 saturated carbocycles. The molecule has 0 spiro atoms. The lowest BCUT2D eigenvalue weighted by Crippen LogP contribution is -2.37. The molecule has 1 aromatic heterocycles. The number of carbonyl (C=O) groups excluding carboxylic acids is 2. The molecule has 6 heteroatoms. The number of Topliss-reactive ketones (excluding diaryl/α,β-unsaturated/α-hetero) is 1. The highest BCUT2D eigenvalue weighted by Crippen LogP contribution is 2.25. The maximum absolute atomic E-state index is 14.5. The molecule has 1 aliphatic rings. The maximum Gasteiger partial charge on any atom is 0.228 e. The first kappa shape index (κ1) is 20.0. The van der Waals surface area contributed by atoms with E-state index >= 15 is 0 Å². The van der Waals surface area contributed by atoms with Crippen molar-refractivity contribution in [3.63, 3.8) is 0 Å². The molecule has 0 atom stereocenters. The van der Waals surface area contributed by atoms with Gasteiger partial charge in [-0.15, -0.1) is 0 Å². The lowest BCUT2D eigenvalue weighted by atomic mass is 10.00. The van der Waals surface area contributed by atoms with E-state index < -0.39 is 0 Å². The second-order valence-corrected chi connectivity index (χ2v) is 7.66. The number of nitrogens with zero attached hydrogens (tertiary/aromatic N) is 3. The molecular formula is C24H24FN3O2. The van der Waals surface area contributed by atoms with Crippen molar-refractivity contribution in [3.05, 3.63) is 71.7 Å². The molecule has 0 radical (unpaired) electrons. The number of carbonyl (C=O) groups is 2. The summed E-state index contributed by atoms with van der Waals surface area (Å²) in [4.78, 5) is 26.8. The first-order chi connectivity index (χ1) is 14.5. The molecule has 2 aromatic carbocycles. The monoisotopic (exact) mass is 405 g/mol. The normalized spacial score (nSPS) is 13.2. The number of aromatic nitrogens is 2. The molecular weight excluding hydrogens is 381 g/mol. The third kappa shape index (κ3) is 4.32. The highest BCUT2D eigenvalue weighted by molar-refractivity contribution is 5.95. The second-order valence-electron chi connectivity index (χ2n) is 7.66. The first-order valence-electron chi connectivity index (χ1n) is 10.2. The summed E-state index contributed by atoms with van der Waals surface area (Å²) >= 11 is 0. The fourth-order valence-corrected chi connectivity index (χ4v) is 3.88. The highest BCUT2D eigenvalue weighted by atomic mass is 19.1. The van der Waals surface area contributed by atoms with Gasteiger partial charge in [-0.1, -0.05) is 42.5 Å². The average Bonchev–Trinajstić information content (AvgIpc) is 3.13. The van der Waals surface area contributed by atoms with Gasteiger partial charge in [-0.25, -0.2) is 9.07 Å². The molecule has 2 heterocycles. The van der Waals surface area contributed by atoms with Crippen molar-refractivity contribution >= 4 is 17.5 Å². The molecule has 0 aliphatic carbocycles. The lowest BCUT2D eigenvalue weighted by molar-refractivity contribution is -0.123. The van der Waals surface area contributed by atoms with E-state index in [1.54, 1.807) is 17.0 Å². The Labute approximate surface area is 175 Å². The largest absolute Gasteiger partial charge is 0.299 e. The van der Waals surface area contributed by atoms with Crippen LogP contribution in [0, 0.1) is 12.7 Å². The maximum atomic E-state index is 14.5. The van der Waals surface area contributed by atoms with E-state index in [9.17, 15) is 14.0 Å². The molecule has 154 valence electrons. The summed E-state index contributed by atoms with van der Waals surface area (Å²) in [6, 6.07) is 16.1. The molecule has 0 bridgehead atoms. The minimum atomic E-state index is -0.348. The van der Waals surface area contributed by atoms with Gasteiger partial charge < -0.3 is 0 Å². The summed E-state index contributed by atoms with van der Waals surface area (Å²) in [5.74, 6) is 0.306. The van der Waals surface area contributed by atoms with E-state index in [2.05, 4.69) is 5.10 Å². The van der Waals surface area contributed by atoms with E-state index in [1.165, 1.54) is 6.07 Å². The highest BCUT2D eigenvalue weighted by Gasteiger charge is 2.24. The Morgan fingerprint density at radius 1 is 1.03 bits per heavy atom. The van der Waals surface area contributed by atoms with Crippen molar-refractivity contribution in [1.82, 2.24) is 9.78 Å². The minimum Gasteiger partial charge on any atom is -0.299 e. The van der Waals surface area contributed by atoms with Crippen molar-refractivity contribution in [1.29, 1.82) is 0 Å². The zero-order valence-corrected chi connectivity index (χ0v) is 17.0. The number of fused-ring (bicyclic) bond motifs is 1. The van der Waals surface area contributed by atoms with Gasteiger partial charge in [0.25, 0.3) is 0 Å². The van der Waals surface area contributed by atoms with Crippen molar-refractivity contribution in [2.45, 2.75) is 39.2 Å². The second kappa shape index (κ2) is 8.61. The van der Waals surface area contributed by atoms with Gasteiger partial charge in [0, 0.05) is 44.0 Å². The van der Waals surface area contributed by atoms with Gasteiger partial charge in [-0.05, 0) is 30.5 Å². The molecule has 1 aliphatic heterocycles. The van der Waals surface area contributed by atoms with Crippen LogP contribution in [0.25, 0.3) is 11.1 Å². The molecule has 0 saturated heterocycles. The number of halogens is 1. The molecule has 5 nitrogen and oxygen atoms in total. The number of aryl methyl sites for hydroxylation is 2. The summed E-state index contributed by atoms with van der Waals surface area (Å²) in [7, 11) is 0. The molecule has 0 unspecified atom stereocenters. The topological polar surface area (TPSA) is 55.2 Å². The van der Waals surface area contributed by atoms with E-state index in [0.717, 1.165) is 30.0 Å². The standard InChI is InChI=1S/C24H24FN3O2/c1-17-14-23-27(12-5-13-28(23)26-17)24(30)11-9-20(29)15-18-8-10-21(22(25)16-18)19-6-3-2-4-7-19/h2-4,6-8,10,14,16H,5,9,11-13,15H2,1H3. The van der Waals surface area contributed by atoms with Crippen LogP contribution in [0.3, 0.4) is 0 Å². The Hall–Kier alpha value is -3.28. The lowest BCUT2D eigenvalue weighted by Gasteiger charge is -2.27. The van der Waals surface area contributed by atoms with Crippen LogP contribution in [0.4, 0.5) is 10.2 Å². The van der Waals surface area contributed by atoms with Gasteiger partial charge in [-0.3, -0.25) is 14.5 Å². The van der Waals surface area contributed by atoms with Crippen LogP contribution >= 0.6 is 0 Å². The predicted octanol–water partition coefficient (Wildman–Crippen LogP) is 4.33. The van der Waals surface area contributed by atoms with Crippen LogP contribution in [0.2, 0.25) is 0 Å². The van der Waals surface area contributed by atoms with Gasteiger partial charge in [0.2, 0.25) is 5.91 Å². The van der Waals surface area contributed by atoms with Gasteiger partial charge in [0.05, 0.1) is 5.69 Å². The van der Waals surface area contributed by atoms with Crippen LogP contribution in [-0.4, -0.2) is 28.0 Å². The third-order valence-corrected chi connectivity index (χ3v) is 5.35. The number of hydrogen-bond donors (Lipinski definition) is 0. The fourth-order valence-electron chi connectivity index (χ4n) is 3.88. The SMILES string of the molecule is Cc1cc2n(n1)CCCN2C(=O)CCC(=O)Cc1ccc(-c2ccccc2)c(F)c1. The van der Waals surface area contributed by atoms with E-state index in [0.29, 0.717) is 17.7 Å². The van der Waals surface area contributed by atoms with Crippen molar-refractivity contribution in [2.75, 3.05) is 11.4 Å². The van der Waals surface area contributed by atoms with Crippen LogP contribution in [-0.2, 0) is 22.6 Å². The van der Waals surface area contributed by atoms with E-state index in [4.69, 9.17) is 0 Å². The fraction of sp³-hybridized carbons (Fsp3) is 0.292. The zero-order chi connectivity index (χ0) is 21.1. The van der Waals surface area contributed by atoms with Crippen LogP contribution in [0.5, 0.6) is 0 Å². The number of rotatable bonds is 6. The molecule has 0 fully saturated rings. The Bertz CT molecular complexity index is 1080. The van der Waals surface area contributed by atoms with Gasteiger partial charge in [0.1, 0.15) is 17.4 Å². The Balaban J connectivity index is 1.35. The molecule has 0 N–H and O–H groups in total. The zero-order valence-electron chi connectivity index (χ0n) is 17.0. The summed E-state index contributed by atoms with van der Waals surface area (Å²) in [5, 5.41) is 4.39. The number of ketones is 1.